The molecule has 0 fully saturated rings. The summed E-state index contributed by atoms with van der Waals surface area (Å²) < 4.78 is 9.76. The van der Waals surface area contributed by atoms with Crippen LogP contribution >= 0.6 is 12.2 Å². The molecule has 1 atom stereocenters. The molecule has 0 spiro atoms. The Balaban J connectivity index is 1.81. The van der Waals surface area contributed by atoms with E-state index in [0.29, 0.717) is 18.0 Å². The molecule has 0 aliphatic carbocycles. The Morgan fingerprint density at radius 1 is 1.26 bits per heavy atom. The molecule has 27 heavy (non-hydrogen) atoms. The minimum atomic E-state index is 0.612. The number of pyridine rings is 1. The largest absolute Gasteiger partial charge is 0.497 e. The fourth-order valence-corrected chi connectivity index (χ4v) is 3.22. The van der Waals surface area contributed by atoms with E-state index in [1.807, 2.05) is 39.6 Å². The summed E-state index contributed by atoms with van der Waals surface area (Å²) in [6, 6.07) is 12.0. The molecule has 3 aromatic rings. The molecule has 0 amide bonds. The van der Waals surface area contributed by atoms with Gasteiger partial charge in [-0.2, -0.15) is 4.68 Å². The zero-order valence-corrected chi connectivity index (χ0v) is 16.4. The van der Waals surface area contributed by atoms with Crippen molar-refractivity contribution < 1.29 is 9.64 Å². The Bertz CT molecular complexity index is 947. The highest BCUT2D eigenvalue weighted by atomic mass is 32.1. The maximum atomic E-state index is 5.66. The van der Waals surface area contributed by atoms with E-state index in [1.165, 1.54) is 10.5 Å². The van der Waals surface area contributed by atoms with Crippen molar-refractivity contribution in [2.45, 2.75) is 19.8 Å². The van der Waals surface area contributed by atoms with E-state index in [1.54, 1.807) is 19.5 Å². The van der Waals surface area contributed by atoms with Crippen molar-refractivity contribution in [2.75, 3.05) is 14.2 Å². The summed E-state index contributed by atoms with van der Waals surface area (Å²) >= 11 is 5.66. The molecule has 1 unspecified atom stereocenters. The van der Waals surface area contributed by atoms with Gasteiger partial charge in [-0.1, -0.05) is 6.08 Å². The second-order valence-electron chi connectivity index (χ2n) is 6.39. The van der Waals surface area contributed by atoms with E-state index < -0.39 is 0 Å². The highest BCUT2D eigenvalue weighted by Crippen LogP contribution is 2.17. The summed E-state index contributed by atoms with van der Waals surface area (Å²) in [5, 5.41) is 4.75. The Morgan fingerprint density at radius 3 is 2.67 bits per heavy atom. The van der Waals surface area contributed by atoms with Crippen LogP contribution in [0.25, 0.3) is 11.4 Å². The molecular formula is C20H24N5OS+. The van der Waals surface area contributed by atoms with Crippen LogP contribution in [0, 0.1) is 4.77 Å². The van der Waals surface area contributed by atoms with E-state index in [2.05, 4.69) is 30.7 Å². The van der Waals surface area contributed by atoms with Crippen molar-refractivity contribution in [3.05, 3.63) is 71.8 Å². The van der Waals surface area contributed by atoms with Crippen LogP contribution < -0.4 is 9.64 Å². The van der Waals surface area contributed by atoms with E-state index in [-0.39, 0.29) is 0 Å². The second-order valence-corrected chi connectivity index (χ2v) is 6.75. The molecule has 1 aromatic carbocycles. The number of aromatic nitrogens is 4. The average molecular weight is 383 g/mol. The molecule has 6 nitrogen and oxygen atoms in total. The summed E-state index contributed by atoms with van der Waals surface area (Å²) in [4.78, 5) is 5.47. The predicted molar refractivity (Wildman–Crippen MR) is 108 cm³/mol. The molecule has 0 saturated carbocycles. The highest BCUT2D eigenvalue weighted by molar-refractivity contribution is 7.71. The number of benzene rings is 1. The van der Waals surface area contributed by atoms with Crippen molar-refractivity contribution in [1.82, 2.24) is 19.3 Å². The van der Waals surface area contributed by atoms with Crippen molar-refractivity contribution in [3.8, 4) is 17.1 Å². The second kappa shape index (κ2) is 8.75. The molecule has 2 aromatic heterocycles. The van der Waals surface area contributed by atoms with Gasteiger partial charge < -0.3 is 9.64 Å². The molecule has 0 aliphatic heterocycles. The van der Waals surface area contributed by atoms with Crippen LogP contribution in [0.3, 0.4) is 0 Å². The minimum Gasteiger partial charge on any atom is -0.497 e. The lowest BCUT2D eigenvalue weighted by atomic mass is 10.2. The normalized spacial score (nSPS) is 11.9. The third-order valence-electron chi connectivity index (χ3n) is 4.24. The van der Waals surface area contributed by atoms with Crippen molar-refractivity contribution >= 4 is 12.2 Å². The first-order valence-electron chi connectivity index (χ1n) is 8.75. The first-order chi connectivity index (χ1) is 13.1. The standard InChI is InChI=1S/C20H23N5OS/c1-4-12-24-19(17-6-5-11-21-13-17)22-25(20(24)27)15-23(2)14-16-7-9-18(26-3)10-8-16/h4-11,13H,1,12,14-15H2,2-3H3/p+1. The van der Waals surface area contributed by atoms with Crippen LogP contribution in [0.1, 0.15) is 5.56 Å². The predicted octanol–water partition coefficient (Wildman–Crippen LogP) is 2.34. The van der Waals surface area contributed by atoms with Gasteiger partial charge in [-0.3, -0.25) is 9.55 Å². The van der Waals surface area contributed by atoms with Gasteiger partial charge in [0.15, 0.2) is 12.5 Å². The van der Waals surface area contributed by atoms with Gasteiger partial charge in [0, 0.05) is 30.1 Å². The lowest BCUT2D eigenvalue weighted by molar-refractivity contribution is -0.917. The number of nitrogens with one attached hydrogen (secondary N) is 1. The fraction of sp³-hybridized carbons (Fsp3) is 0.250. The molecular weight excluding hydrogens is 358 g/mol. The van der Waals surface area contributed by atoms with E-state index in [0.717, 1.165) is 23.7 Å². The first-order valence-corrected chi connectivity index (χ1v) is 9.16. The third kappa shape index (κ3) is 4.50. The first kappa shape index (κ1) is 19.0. The van der Waals surface area contributed by atoms with Crippen molar-refractivity contribution in [3.63, 3.8) is 0 Å². The summed E-state index contributed by atoms with van der Waals surface area (Å²) in [5.74, 6) is 1.67. The van der Waals surface area contributed by atoms with Crippen molar-refractivity contribution in [2.24, 2.45) is 0 Å². The Kier molecular flexibility index (Phi) is 6.16. The number of methoxy groups -OCH3 is 1. The summed E-state index contributed by atoms with van der Waals surface area (Å²) in [6.07, 6.45) is 5.38. The van der Waals surface area contributed by atoms with Crippen molar-refractivity contribution in [1.29, 1.82) is 0 Å². The molecule has 2 heterocycles. The molecule has 0 bridgehead atoms. The van der Waals surface area contributed by atoms with Gasteiger partial charge in [0.05, 0.1) is 14.2 Å². The molecule has 1 N–H and O–H groups in total. The number of hydrogen-bond acceptors (Lipinski definition) is 4. The van der Waals surface area contributed by atoms with Crippen LogP contribution in [0.15, 0.2) is 61.4 Å². The zero-order chi connectivity index (χ0) is 19.2. The topological polar surface area (TPSA) is 49.3 Å². The lowest BCUT2D eigenvalue weighted by Gasteiger charge is -2.14. The van der Waals surface area contributed by atoms with Crippen LogP contribution in [0.2, 0.25) is 0 Å². The van der Waals surface area contributed by atoms with Gasteiger partial charge in [0.2, 0.25) is 4.77 Å². The average Bonchev–Trinajstić information content (AvgIpc) is 2.99. The third-order valence-corrected chi connectivity index (χ3v) is 4.67. The Morgan fingerprint density at radius 2 is 2.04 bits per heavy atom. The fourth-order valence-electron chi connectivity index (χ4n) is 2.95. The number of hydrogen-bond donors (Lipinski definition) is 1. The molecule has 7 heteroatoms. The number of nitrogens with zero attached hydrogens (tertiary/aromatic N) is 4. The zero-order valence-electron chi connectivity index (χ0n) is 15.6. The van der Waals surface area contributed by atoms with Crippen LogP contribution in [0.4, 0.5) is 0 Å². The summed E-state index contributed by atoms with van der Waals surface area (Å²) in [5.41, 5.74) is 2.18. The Hall–Kier alpha value is -2.77. The number of allylic oxidation sites excluding steroid dienone is 1. The van der Waals surface area contributed by atoms with Gasteiger partial charge in [0.25, 0.3) is 0 Å². The van der Waals surface area contributed by atoms with Gasteiger partial charge in [-0.25, -0.2) is 0 Å². The van der Waals surface area contributed by atoms with E-state index in [4.69, 9.17) is 22.1 Å². The van der Waals surface area contributed by atoms with Crippen LogP contribution in [0.5, 0.6) is 5.75 Å². The van der Waals surface area contributed by atoms with E-state index in [9.17, 15) is 0 Å². The van der Waals surface area contributed by atoms with Crippen LogP contribution in [-0.2, 0) is 19.8 Å². The molecule has 140 valence electrons. The highest BCUT2D eigenvalue weighted by Gasteiger charge is 2.15. The maximum Gasteiger partial charge on any atom is 0.203 e. The van der Waals surface area contributed by atoms with Crippen LogP contribution in [-0.4, -0.2) is 33.5 Å². The number of rotatable bonds is 8. The van der Waals surface area contributed by atoms with Gasteiger partial charge >= 0.3 is 0 Å². The number of ether oxygens (including phenoxy) is 1. The minimum absolute atomic E-state index is 0.612. The molecule has 0 radical (unpaired) electrons. The van der Waals surface area contributed by atoms with Gasteiger partial charge in [0.1, 0.15) is 12.3 Å². The maximum absolute atomic E-state index is 5.66. The molecule has 0 aliphatic rings. The lowest BCUT2D eigenvalue weighted by Crippen LogP contribution is -3.07. The molecule has 3 rings (SSSR count). The van der Waals surface area contributed by atoms with Gasteiger partial charge in [-0.05, 0) is 48.6 Å². The molecule has 0 saturated heterocycles. The smallest absolute Gasteiger partial charge is 0.203 e. The Labute approximate surface area is 164 Å². The summed E-state index contributed by atoms with van der Waals surface area (Å²) in [7, 11) is 3.80. The monoisotopic (exact) mass is 382 g/mol. The SMILES string of the molecule is C=CCn1c(-c2cccnc2)nn(C[NH+](C)Cc2ccc(OC)cc2)c1=S. The van der Waals surface area contributed by atoms with Gasteiger partial charge in [-0.15, -0.1) is 11.7 Å². The summed E-state index contributed by atoms with van der Waals surface area (Å²) in [6.45, 7) is 5.98. The van der Waals surface area contributed by atoms with E-state index >= 15 is 0 Å². The quantitative estimate of drug-likeness (QED) is 0.480. The number of quaternary nitrogens is 1.